The second kappa shape index (κ2) is 6.17. The third-order valence-corrected chi connectivity index (χ3v) is 4.28. The molecule has 0 spiro atoms. The molecule has 6 nitrogen and oxygen atoms in total. The molecule has 0 radical (unpaired) electrons. The first-order chi connectivity index (χ1) is 11.7. The number of hydrogen-bond acceptors (Lipinski definition) is 6. The molecule has 0 atom stereocenters. The molecular weight excluding hydrogens is 357 g/mol. The Labute approximate surface area is 144 Å². The summed E-state index contributed by atoms with van der Waals surface area (Å²) < 4.78 is 45.6. The number of halogens is 3. The number of hydrogen-bond donors (Lipinski definition) is 0. The number of carbonyl (C=O) groups is 1. The van der Waals surface area contributed by atoms with E-state index in [9.17, 15) is 18.0 Å². The molecule has 132 valence electrons. The summed E-state index contributed by atoms with van der Waals surface area (Å²) in [6.45, 7) is 3.79. The predicted molar refractivity (Wildman–Crippen MR) is 85.6 cm³/mol. The van der Waals surface area contributed by atoms with E-state index >= 15 is 0 Å². The summed E-state index contributed by atoms with van der Waals surface area (Å²) in [5, 5.41) is 7.41. The van der Waals surface area contributed by atoms with Crippen molar-refractivity contribution in [3.05, 3.63) is 29.6 Å². The minimum absolute atomic E-state index is 0.000501. The molecule has 0 aliphatic rings. The van der Waals surface area contributed by atoms with Crippen molar-refractivity contribution in [3.8, 4) is 0 Å². The summed E-state index contributed by atoms with van der Waals surface area (Å²) in [5.74, 6) is -1.82. The molecule has 0 bridgehead atoms. The number of ether oxygens (including phenoxy) is 1. The third kappa shape index (κ3) is 3.13. The van der Waals surface area contributed by atoms with Crippen LogP contribution in [0.25, 0.3) is 16.7 Å². The van der Waals surface area contributed by atoms with Crippen LogP contribution in [0.1, 0.15) is 30.0 Å². The summed E-state index contributed by atoms with van der Waals surface area (Å²) in [5.41, 5.74) is 0.502. The van der Waals surface area contributed by atoms with Crippen molar-refractivity contribution >= 4 is 34.4 Å². The lowest BCUT2D eigenvalue weighted by Gasteiger charge is -2.11. The van der Waals surface area contributed by atoms with Crippen molar-refractivity contribution in [2.24, 2.45) is 0 Å². The van der Waals surface area contributed by atoms with E-state index < -0.39 is 18.0 Å². The number of esters is 1. The second-order valence-corrected chi connectivity index (χ2v) is 7.02. The number of thioether (sulfide) groups is 1. The van der Waals surface area contributed by atoms with Crippen LogP contribution >= 0.6 is 11.8 Å². The first-order valence-electron chi connectivity index (χ1n) is 7.23. The first-order valence-corrected chi connectivity index (χ1v) is 8.11. The van der Waals surface area contributed by atoms with Crippen molar-refractivity contribution in [1.29, 1.82) is 0 Å². The lowest BCUT2D eigenvalue weighted by Crippen LogP contribution is -2.12. The van der Waals surface area contributed by atoms with Gasteiger partial charge in [0.05, 0.1) is 23.7 Å². The van der Waals surface area contributed by atoms with Gasteiger partial charge in [0.1, 0.15) is 5.03 Å². The minimum Gasteiger partial charge on any atom is -0.465 e. The van der Waals surface area contributed by atoms with Crippen molar-refractivity contribution in [1.82, 2.24) is 19.6 Å². The van der Waals surface area contributed by atoms with Crippen LogP contribution in [0, 0.1) is 0 Å². The lowest BCUT2D eigenvalue weighted by molar-refractivity contribution is -0.145. The van der Waals surface area contributed by atoms with E-state index in [4.69, 9.17) is 0 Å². The maximum atomic E-state index is 13.4. The molecule has 1 aromatic carbocycles. The number of benzene rings is 1. The van der Waals surface area contributed by atoms with Gasteiger partial charge in [-0.3, -0.25) is 4.40 Å². The zero-order valence-electron chi connectivity index (χ0n) is 13.5. The summed E-state index contributed by atoms with van der Waals surface area (Å²) in [6.07, 6.45) is -4.70. The summed E-state index contributed by atoms with van der Waals surface area (Å²) in [4.78, 5) is 16.1. The maximum absolute atomic E-state index is 13.4. The van der Waals surface area contributed by atoms with Crippen molar-refractivity contribution < 1.29 is 22.7 Å². The lowest BCUT2D eigenvalue weighted by atomic mass is 10.2. The van der Waals surface area contributed by atoms with Gasteiger partial charge in [0.15, 0.2) is 5.65 Å². The Morgan fingerprint density at radius 1 is 1.28 bits per heavy atom. The fourth-order valence-electron chi connectivity index (χ4n) is 2.34. The Hall–Kier alpha value is -2.36. The van der Waals surface area contributed by atoms with Crippen LogP contribution in [-0.4, -0.2) is 37.9 Å². The van der Waals surface area contributed by atoms with Crippen LogP contribution in [0.2, 0.25) is 0 Å². The zero-order valence-corrected chi connectivity index (χ0v) is 14.3. The van der Waals surface area contributed by atoms with Crippen molar-refractivity contribution in [2.45, 2.75) is 30.3 Å². The predicted octanol–water partition coefficient (Wildman–Crippen LogP) is 3.58. The molecule has 2 aromatic heterocycles. The van der Waals surface area contributed by atoms with Crippen molar-refractivity contribution in [2.75, 3.05) is 7.11 Å². The fraction of sp³-hybridized carbons (Fsp3) is 0.333. The number of fused-ring (bicyclic) bond motifs is 3. The Morgan fingerprint density at radius 3 is 2.60 bits per heavy atom. The Morgan fingerprint density at radius 2 is 2.00 bits per heavy atom. The van der Waals surface area contributed by atoms with Gasteiger partial charge in [-0.05, 0) is 18.2 Å². The molecule has 2 heterocycles. The molecule has 0 saturated carbocycles. The molecule has 0 aliphatic carbocycles. The Bertz CT molecular complexity index is 969. The highest BCUT2D eigenvalue weighted by atomic mass is 32.2. The molecule has 0 N–H and O–H groups in total. The third-order valence-electron chi connectivity index (χ3n) is 3.31. The van der Waals surface area contributed by atoms with Crippen LogP contribution < -0.4 is 0 Å². The molecule has 0 unspecified atom stereocenters. The van der Waals surface area contributed by atoms with Gasteiger partial charge in [0, 0.05) is 5.25 Å². The quantitative estimate of drug-likeness (QED) is 0.518. The van der Waals surface area contributed by atoms with E-state index in [-0.39, 0.29) is 22.0 Å². The standard InChI is InChI=1S/C15H13F3N4O2S/c1-7(2)25-12-11-20-21-14(15(16,17)18)22(11)10-6-8(13(23)24-3)4-5-9(10)19-12/h4-7H,1-3H3. The number of rotatable bonds is 3. The van der Waals surface area contributed by atoms with Crippen LogP contribution in [0.4, 0.5) is 13.2 Å². The molecule has 25 heavy (non-hydrogen) atoms. The van der Waals surface area contributed by atoms with Gasteiger partial charge in [-0.2, -0.15) is 13.2 Å². The molecule has 10 heteroatoms. The topological polar surface area (TPSA) is 69.4 Å². The van der Waals surface area contributed by atoms with Crippen LogP contribution in [0.3, 0.4) is 0 Å². The van der Waals surface area contributed by atoms with E-state index in [0.717, 1.165) is 4.40 Å². The van der Waals surface area contributed by atoms with Gasteiger partial charge < -0.3 is 4.74 Å². The molecule has 0 aliphatic heterocycles. The molecule has 0 saturated heterocycles. The number of carbonyl (C=O) groups excluding carboxylic acids is 1. The van der Waals surface area contributed by atoms with Crippen LogP contribution in [0.15, 0.2) is 23.2 Å². The van der Waals surface area contributed by atoms with E-state index in [1.165, 1.54) is 37.1 Å². The molecular formula is C15H13F3N4O2S. The number of nitrogens with zero attached hydrogens (tertiary/aromatic N) is 4. The smallest absolute Gasteiger partial charge is 0.452 e. The SMILES string of the molecule is COC(=O)c1ccc2nc(SC(C)C)c3nnc(C(F)(F)F)n3c2c1. The summed E-state index contributed by atoms with van der Waals surface area (Å²) in [6, 6.07) is 4.23. The second-order valence-electron chi connectivity index (χ2n) is 5.46. The molecule has 3 rings (SSSR count). The van der Waals surface area contributed by atoms with Gasteiger partial charge >= 0.3 is 12.1 Å². The monoisotopic (exact) mass is 370 g/mol. The van der Waals surface area contributed by atoms with E-state index in [1.54, 1.807) is 0 Å². The van der Waals surface area contributed by atoms with Gasteiger partial charge in [0.2, 0.25) is 5.82 Å². The average Bonchev–Trinajstić information content (AvgIpc) is 2.99. The van der Waals surface area contributed by atoms with Gasteiger partial charge in [-0.15, -0.1) is 10.2 Å². The summed E-state index contributed by atoms with van der Waals surface area (Å²) >= 11 is 1.29. The number of aromatic nitrogens is 4. The van der Waals surface area contributed by atoms with E-state index in [1.807, 2.05) is 13.8 Å². The number of methoxy groups -OCH3 is 1. The zero-order chi connectivity index (χ0) is 18.4. The minimum atomic E-state index is -4.70. The fourth-order valence-corrected chi connectivity index (χ4v) is 3.17. The normalized spacial score (nSPS) is 12.3. The summed E-state index contributed by atoms with van der Waals surface area (Å²) in [7, 11) is 1.20. The van der Waals surface area contributed by atoms with Gasteiger partial charge in [0.25, 0.3) is 0 Å². The Balaban J connectivity index is 2.40. The van der Waals surface area contributed by atoms with Crippen LogP contribution in [0.5, 0.6) is 0 Å². The Kier molecular flexibility index (Phi) is 4.31. The maximum Gasteiger partial charge on any atom is 0.452 e. The van der Waals surface area contributed by atoms with Crippen molar-refractivity contribution in [3.63, 3.8) is 0 Å². The van der Waals surface area contributed by atoms with Gasteiger partial charge in [-0.25, -0.2) is 9.78 Å². The highest BCUT2D eigenvalue weighted by Crippen LogP contribution is 2.34. The van der Waals surface area contributed by atoms with E-state index in [0.29, 0.717) is 10.5 Å². The van der Waals surface area contributed by atoms with E-state index in [2.05, 4.69) is 19.9 Å². The van der Waals surface area contributed by atoms with Gasteiger partial charge in [-0.1, -0.05) is 25.6 Å². The average molecular weight is 370 g/mol. The van der Waals surface area contributed by atoms with Crippen LogP contribution in [-0.2, 0) is 10.9 Å². The molecule has 3 aromatic rings. The number of alkyl halides is 3. The molecule has 0 amide bonds. The highest BCUT2D eigenvalue weighted by Gasteiger charge is 2.38. The highest BCUT2D eigenvalue weighted by molar-refractivity contribution is 8.00. The first kappa shape index (κ1) is 17.5. The molecule has 0 fully saturated rings. The largest absolute Gasteiger partial charge is 0.465 e.